The first-order chi connectivity index (χ1) is 21.2. The second-order valence-electron chi connectivity index (χ2n) is 11.6. The number of aryl methyl sites for hydroxylation is 1. The highest BCUT2D eigenvalue weighted by molar-refractivity contribution is 6.35. The Bertz CT molecular complexity index is 2070. The number of amides is 1. The van der Waals surface area contributed by atoms with Gasteiger partial charge in [0.1, 0.15) is 0 Å². The first-order valence-electron chi connectivity index (χ1n) is 14.7. The first-order valence-corrected chi connectivity index (χ1v) is 15.0. The monoisotopic (exact) mass is 604 g/mol. The molecule has 1 aliphatic rings. The fraction of sp³-hybridized carbons (Fsp3) is 0.257. The summed E-state index contributed by atoms with van der Waals surface area (Å²) >= 11 is 7.15. The van der Waals surface area contributed by atoms with Crippen LogP contribution in [0.15, 0.2) is 72.2 Å². The number of pyridine rings is 1. The number of aromatic amines is 1. The Balaban J connectivity index is 1.71. The molecule has 1 saturated heterocycles. The third kappa shape index (κ3) is 4.65. The van der Waals surface area contributed by atoms with Crippen molar-refractivity contribution in [2.75, 3.05) is 24.5 Å². The highest BCUT2D eigenvalue weighted by Crippen LogP contribution is 2.44. The number of benzene rings is 3. The summed E-state index contributed by atoms with van der Waals surface area (Å²) in [5.74, 6) is -0.00245. The van der Waals surface area contributed by atoms with Crippen molar-refractivity contribution in [2.24, 2.45) is 0 Å². The highest BCUT2D eigenvalue weighted by atomic mass is 35.5. The van der Waals surface area contributed by atoms with E-state index in [1.807, 2.05) is 62.4 Å². The molecule has 44 heavy (non-hydrogen) atoms. The van der Waals surface area contributed by atoms with Crippen molar-refractivity contribution in [3.63, 3.8) is 0 Å². The van der Waals surface area contributed by atoms with Gasteiger partial charge in [-0.25, -0.2) is 4.85 Å². The molecule has 9 heteroatoms. The highest BCUT2D eigenvalue weighted by Gasteiger charge is 2.32. The van der Waals surface area contributed by atoms with E-state index in [1.54, 1.807) is 15.7 Å². The largest absolute Gasteiger partial charge is 0.373 e. The van der Waals surface area contributed by atoms with Crippen molar-refractivity contribution < 1.29 is 4.79 Å². The molecule has 0 spiro atoms. The topological polar surface area (TPSA) is 78.6 Å². The summed E-state index contributed by atoms with van der Waals surface area (Å²) in [4.78, 5) is 34.6. The first kappa shape index (κ1) is 29.2. The van der Waals surface area contributed by atoms with Crippen molar-refractivity contribution in [3.05, 3.63) is 105 Å². The van der Waals surface area contributed by atoms with Gasteiger partial charge in [0.25, 0.3) is 11.2 Å². The molecule has 6 rings (SSSR count). The number of hydrogen-bond donors (Lipinski definition) is 1. The van der Waals surface area contributed by atoms with Gasteiger partial charge in [0, 0.05) is 47.0 Å². The van der Waals surface area contributed by atoms with Crippen LogP contribution >= 0.6 is 11.6 Å². The number of para-hydroxylation sites is 1. The number of carbonyl (C=O) groups is 1. The minimum Gasteiger partial charge on any atom is -0.373 e. The van der Waals surface area contributed by atoms with E-state index in [0.29, 0.717) is 41.2 Å². The molecule has 3 aromatic carbocycles. The molecule has 0 unspecified atom stereocenters. The average Bonchev–Trinajstić information content (AvgIpc) is 3.49. The van der Waals surface area contributed by atoms with Gasteiger partial charge in [-0.05, 0) is 66.8 Å². The Morgan fingerprint density at radius 2 is 1.95 bits per heavy atom. The molecule has 222 valence electrons. The minimum absolute atomic E-state index is 0.0309. The van der Waals surface area contributed by atoms with Crippen LogP contribution in [0, 0.1) is 13.5 Å². The number of anilines is 1. The maximum Gasteiger partial charge on any atom is 0.274 e. The van der Waals surface area contributed by atoms with Gasteiger partial charge in [0.05, 0.1) is 35.2 Å². The Kier molecular flexibility index (Phi) is 7.52. The fourth-order valence-electron chi connectivity index (χ4n) is 6.49. The van der Waals surface area contributed by atoms with E-state index in [-0.39, 0.29) is 29.1 Å². The van der Waals surface area contributed by atoms with Crippen LogP contribution in [0.2, 0.25) is 5.02 Å². The number of halogens is 1. The molecule has 1 amide bonds. The van der Waals surface area contributed by atoms with Gasteiger partial charge in [-0.2, -0.15) is 5.10 Å². The number of fused-ring (bicyclic) bond motifs is 2. The van der Waals surface area contributed by atoms with E-state index in [2.05, 4.69) is 40.4 Å². The summed E-state index contributed by atoms with van der Waals surface area (Å²) in [6.07, 6.45) is 3.11. The van der Waals surface area contributed by atoms with E-state index in [0.717, 1.165) is 38.8 Å². The summed E-state index contributed by atoms with van der Waals surface area (Å²) in [6.45, 7) is 21.4. The number of H-pyrrole nitrogens is 1. The van der Waals surface area contributed by atoms with Crippen LogP contribution in [0.4, 0.5) is 11.4 Å². The van der Waals surface area contributed by atoms with Crippen LogP contribution in [0.25, 0.3) is 43.5 Å². The summed E-state index contributed by atoms with van der Waals surface area (Å²) in [7, 11) is 0. The van der Waals surface area contributed by atoms with E-state index < -0.39 is 0 Å². The maximum absolute atomic E-state index is 14.5. The summed E-state index contributed by atoms with van der Waals surface area (Å²) in [5, 5.41) is 9.44. The molecular formula is C35H33ClN6O2. The molecule has 0 aliphatic carbocycles. The number of rotatable bonds is 5. The van der Waals surface area contributed by atoms with Crippen molar-refractivity contribution in [3.8, 4) is 16.8 Å². The zero-order valence-corrected chi connectivity index (χ0v) is 25.9. The van der Waals surface area contributed by atoms with Gasteiger partial charge < -0.3 is 9.80 Å². The van der Waals surface area contributed by atoms with Crippen molar-refractivity contribution in [1.82, 2.24) is 19.7 Å². The van der Waals surface area contributed by atoms with Crippen molar-refractivity contribution in [1.29, 1.82) is 0 Å². The Morgan fingerprint density at radius 1 is 1.18 bits per heavy atom. The third-order valence-electron chi connectivity index (χ3n) is 8.63. The smallest absolute Gasteiger partial charge is 0.274 e. The normalized spacial score (nSPS) is 15.2. The summed E-state index contributed by atoms with van der Waals surface area (Å²) < 4.78 is 1.67. The molecule has 1 fully saturated rings. The van der Waals surface area contributed by atoms with Crippen LogP contribution in [-0.4, -0.2) is 51.2 Å². The molecule has 5 aromatic rings. The molecule has 1 N–H and O–H groups in total. The Hall–Kier alpha value is -4.87. The average molecular weight is 605 g/mol. The number of nitrogens with zero attached hydrogens (tertiary/aromatic N) is 5. The number of aromatic nitrogens is 3. The molecule has 3 heterocycles. The SMILES string of the molecule is [C-]#[N+]c1c(N2CCN(C(=O)C=C)C[C@@H]2C)c2cc(Cl)c(-c3c(C)ccc4[nH]ncc34)cc2n(-c2ccccc2C(C)C)c1=O. The second-order valence-corrected chi connectivity index (χ2v) is 12.0. The third-order valence-corrected chi connectivity index (χ3v) is 8.94. The summed E-state index contributed by atoms with van der Waals surface area (Å²) in [6, 6.07) is 15.6. The molecular weight excluding hydrogens is 572 g/mol. The van der Waals surface area contributed by atoms with Gasteiger partial charge in [-0.1, -0.05) is 56.3 Å². The lowest BCUT2D eigenvalue weighted by Crippen LogP contribution is -2.53. The second kappa shape index (κ2) is 11.3. The van der Waals surface area contributed by atoms with E-state index in [1.165, 1.54) is 6.08 Å². The van der Waals surface area contributed by atoms with E-state index >= 15 is 0 Å². The zero-order valence-electron chi connectivity index (χ0n) is 25.2. The maximum atomic E-state index is 14.5. The number of hydrogen-bond acceptors (Lipinski definition) is 4. The van der Waals surface area contributed by atoms with E-state index in [9.17, 15) is 9.59 Å². The van der Waals surface area contributed by atoms with Crippen LogP contribution in [0.5, 0.6) is 0 Å². The Labute approximate surface area is 261 Å². The van der Waals surface area contributed by atoms with Crippen LogP contribution < -0.4 is 10.5 Å². The Morgan fingerprint density at radius 3 is 2.66 bits per heavy atom. The quantitative estimate of drug-likeness (QED) is 0.168. The molecule has 1 atom stereocenters. The number of carbonyl (C=O) groups excluding carboxylic acids is 1. The van der Waals surface area contributed by atoms with Gasteiger partial charge in [-0.15, -0.1) is 0 Å². The van der Waals surface area contributed by atoms with Crippen LogP contribution in [0.3, 0.4) is 0 Å². The zero-order chi connectivity index (χ0) is 31.3. The van der Waals surface area contributed by atoms with Crippen LogP contribution in [0.1, 0.15) is 37.8 Å². The number of nitrogens with one attached hydrogen (secondary N) is 1. The molecule has 1 aliphatic heterocycles. The van der Waals surface area contributed by atoms with Gasteiger partial charge in [0.2, 0.25) is 5.91 Å². The predicted molar refractivity (Wildman–Crippen MR) is 178 cm³/mol. The molecule has 0 radical (unpaired) electrons. The minimum atomic E-state index is -0.390. The molecule has 8 nitrogen and oxygen atoms in total. The lowest BCUT2D eigenvalue weighted by Gasteiger charge is -2.42. The van der Waals surface area contributed by atoms with Crippen molar-refractivity contribution in [2.45, 2.75) is 39.7 Å². The molecule has 0 saturated carbocycles. The lowest BCUT2D eigenvalue weighted by molar-refractivity contribution is -0.126. The summed E-state index contributed by atoms with van der Waals surface area (Å²) in [5.41, 5.74) is 6.17. The fourth-order valence-corrected chi connectivity index (χ4v) is 6.74. The lowest BCUT2D eigenvalue weighted by atomic mass is 9.94. The number of piperazine rings is 1. The van der Waals surface area contributed by atoms with Gasteiger partial charge in [0.15, 0.2) is 0 Å². The van der Waals surface area contributed by atoms with Gasteiger partial charge in [-0.3, -0.25) is 19.3 Å². The predicted octanol–water partition coefficient (Wildman–Crippen LogP) is 7.39. The van der Waals surface area contributed by atoms with Crippen molar-refractivity contribution >= 4 is 50.7 Å². The van der Waals surface area contributed by atoms with Gasteiger partial charge >= 0.3 is 0 Å². The van der Waals surface area contributed by atoms with Crippen LogP contribution in [-0.2, 0) is 4.79 Å². The van der Waals surface area contributed by atoms with E-state index in [4.69, 9.17) is 18.2 Å². The molecule has 0 bridgehead atoms. The molecule has 2 aromatic heterocycles. The standard InChI is InChI=1S/C35H33ClN6O2/c1-7-31(43)40-14-15-41(22(5)19-40)34-25-16-27(36)24(32-21(4)12-13-28-26(32)18-38-39-28)17-30(25)42(35(44)33(34)37-6)29-11-9-8-10-23(29)20(2)3/h7-13,16-18,20,22H,1,14-15,19H2,2-5H3,(H,38,39)/t22-/m0/s1.